The van der Waals surface area contributed by atoms with E-state index in [4.69, 9.17) is 14.2 Å². The number of nitrogens with zero attached hydrogens (tertiary/aromatic N) is 3. The number of nitrogens with one attached hydrogen (secondary N) is 1. The van der Waals surface area contributed by atoms with Crippen molar-refractivity contribution in [1.29, 1.82) is 0 Å². The molecule has 8 nitrogen and oxygen atoms in total. The van der Waals surface area contributed by atoms with Crippen molar-refractivity contribution in [2.24, 2.45) is 0 Å². The highest BCUT2D eigenvalue weighted by molar-refractivity contribution is 5.94. The number of rotatable bonds is 1. The van der Waals surface area contributed by atoms with Crippen LogP contribution in [0.4, 0.5) is 5.82 Å². The third-order valence-electron chi connectivity index (χ3n) is 4.10. The molecule has 0 unspecified atom stereocenters. The van der Waals surface area contributed by atoms with Crippen LogP contribution in [0.25, 0.3) is 16.8 Å². The van der Waals surface area contributed by atoms with Gasteiger partial charge in [0, 0.05) is 18.3 Å². The number of ether oxygens (including phenoxy) is 3. The third-order valence-corrected chi connectivity index (χ3v) is 4.10. The summed E-state index contributed by atoms with van der Waals surface area (Å²) >= 11 is 0. The van der Waals surface area contributed by atoms with E-state index in [0.29, 0.717) is 43.3 Å². The predicted molar refractivity (Wildman–Crippen MR) is 94.6 cm³/mol. The standard InChI is InChI=1S/C18H18N4O4/c1-24-18(23)13-3-2-12-10-15(13)26-9-8-25-7-5-19-16-4-6-22-17(21-16)14(12)11-20-22/h2-4,6,10-11H,5,7-9H2,1H3,(H,19,21). The van der Waals surface area contributed by atoms with Gasteiger partial charge in [-0.05, 0) is 23.8 Å². The average Bonchev–Trinajstić information content (AvgIpc) is 3.09. The van der Waals surface area contributed by atoms with E-state index in [2.05, 4.69) is 15.4 Å². The van der Waals surface area contributed by atoms with Crippen LogP contribution in [0.5, 0.6) is 5.75 Å². The zero-order chi connectivity index (χ0) is 17.9. The second-order valence-corrected chi connectivity index (χ2v) is 5.73. The number of carbonyl (C=O) groups excluding carboxylic acids is 1. The number of carbonyl (C=O) groups is 1. The molecule has 0 saturated heterocycles. The van der Waals surface area contributed by atoms with Crippen molar-refractivity contribution in [3.8, 4) is 16.9 Å². The number of hydrogen-bond donors (Lipinski definition) is 1. The molecule has 26 heavy (non-hydrogen) atoms. The fraction of sp³-hybridized carbons (Fsp3) is 0.278. The summed E-state index contributed by atoms with van der Waals surface area (Å²) in [6.07, 6.45) is 3.60. The predicted octanol–water partition coefficient (Wildman–Crippen LogP) is 2.00. The second kappa shape index (κ2) is 7.01. The van der Waals surface area contributed by atoms with E-state index in [1.165, 1.54) is 7.11 Å². The zero-order valence-electron chi connectivity index (χ0n) is 14.3. The van der Waals surface area contributed by atoms with Crippen molar-refractivity contribution in [2.75, 3.05) is 38.8 Å². The molecule has 0 aliphatic carbocycles. The molecule has 4 rings (SSSR count). The molecule has 1 aliphatic rings. The van der Waals surface area contributed by atoms with E-state index in [0.717, 1.165) is 16.9 Å². The summed E-state index contributed by atoms with van der Waals surface area (Å²) in [5.41, 5.74) is 2.79. The summed E-state index contributed by atoms with van der Waals surface area (Å²) in [5, 5.41) is 7.58. The molecular weight excluding hydrogens is 336 g/mol. The van der Waals surface area contributed by atoms with Gasteiger partial charge in [-0.15, -0.1) is 0 Å². The van der Waals surface area contributed by atoms with Crippen LogP contribution in [0.15, 0.2) is 36.7 Å². The van der Waals surface area contributed by atoms with Crippen LogP contribution in [-0.2, 0) is 9.47 Å². The summed E-state index contributed by atoms with van der Waals surface area (Å²) < 4.78 is 17.9. The molecule has 4 bridgehead atoms. The normalized spacial score (nSPS) is 14.3. The minimum absolute atomic E-state index is 0.334. The molecule has 8 heteroatoms. The van der Waals surface area contributed by atoms with Gasteiger partial charge in [0.15, 0.2) is 5.65 Å². The first kappa shape index (κ1) is 16.3. The molecule has 0 fully saturated rings. The molecule has 0 atom stereocenters. The van der Waals surface area contributed by atoms with Gasteiger partial charge < -0.3 is 19.5 Å². The number of methoxy groups -OCH3 is 1. The van der Waals surface area contributed by atoms with Crippen LogP contribution in [0.3, 0.4) is 0 Å². The molecule has 1 N–H and O–H groups in total. The monoisotopic (exact) mass is 354 g/mol. The van der Waals surface area contributed by atoms with Gasteiger partial charge in [-0.25, -0.2) is 14.3 Å². The maximum atomic E-state index is 12.0. The van der Waals surface area contributed by atoms with Gasteiger partial charge in [0.1, 0.15) is 23.7 Å². The highest BCUT2D eigenvalue weighted by Crippen LogP contribution is 2.30. The second-order valence-electron chi connectivity index (χ2n) is 5.73. The Morgan fingerprint density at radius 2 is 2.19 bits per heavy atom. The third kappa shape index (κ3) is 3.06. The Bertz CT molecular complexity index is 954. The van der Waals surface area contributed by atoms with Gasteiger partial charge in [0.25, 0.3) is 0 Å². The van der Waals surface area contributed by atoms with Gasteiger partial charge in [-0.3, -0.25) is 0 Å². The fourth-order valence-electron chi connectivity index (χ4n) is 2.82. The number of anilines is 1. The van der Waals surface area contributed by atoms with Crippen molar-refractivity contribution in [3.63, 3.8) is 0 Å². The van der Waals surface area contributed by atoms with Crippen molar-refractivity contribution in [3.05, 3.63) is 42.2 Å². The lowest BCUT2D eigenvalue weighted by atomic mass is 10.1. The van der Waals surface area contributed by atoms with Gasteiger partial charge >= 0.3 is 5.97 Å². The van der Waals surface area contributed by atoms with Crippen LogP contribution in [0, 0.1) is 0 Å². The van der Waals surface area contributed by atoms with Crippen LogP contribution in [-0.4, -0.2) is 54.0 Å². The Morgan fingerprint density at radius 3 is 3.08 bits per heavy atom. The van der Waals surface area contributed by atoms with Gasteiger partial charge in [0.2, 0.25) is 0 Å². The van der Waals surface area contributed by atoms with E-state index < -0.39 is 5.97 Å². The van der Waals surface area contributed by atoms with Crippen LogP contribution >= 0.6 is 0 Å². The summed E-state index contributed by atoms with van der Waals surface area (Å²) in [6, 6.07) is 7.19. The zero-order valence-corrected chi connectivity index (χ0v) is 14.3. The minimum atomic E-state index is -0.446. The first-order valence-corrected chi connectivity index (χ1v) is 8.28. The maximum absolute atomic E-state index is 12.0. The van der Waals surface area contributed by atoms with E-state index in [9.17, 15) is 4.79 Å². The Morgan fingerprint density at radius 1 is 1.27 bits per heavy atom. The Hall–Kier alpha value is -3.13. The number of hydrogen-bond acceptors (Lipinski definition) is 7. The number of benzene rings is 1. The Balaban J connectivity index is 1.85. The van der Waals surface area contributed by atoms with Crippen molar-refractivity contribution in [1.82, 2.24) is 14.6 Å². The number of esters is 1. The lowest BCUT2D eigenvalue weighted by Gasteiger charge is -2.13. The van der Waals surface area contributed by atoms with Crippen LogP contribution < -0.4 is 10.1 Å². The molecule has 0 saturated carbocycles. The van der Waals surface area contributed by atoms with Crippen molar-refractivity contribution < 1.29 is 19.0 Å². The molecule has 3 aromatic rings. The van der Waals surface area contributed by atoms with Crippen LogP contribution in [0.1, 0.15) is 10.4 Å². The molecule has 0 spiro atoms. The first-order chi connectivity index (χ1) is 12.8. The lowest BCUT2D eigenvalue weighted by molar-refractivity contribution is 0.0591. The Kier molecular flexibility index (Phi) is 4.40. The van der Waals surface area contributed by atoms with Crippen LogP contribution in [0.2, 0.25) is 0 Å². The van der Waals surface area contributed by atoms with Gasteiger partial charge in [-0.1, -0.05) is 6.07 Å². The first-order valence-electron chi connectivity index (χ1n) is 8.28. The minimum Gasteiger partial charge on any atom is -0.490 e. The van der Waals surface area contributed by atoms with E-state index in [1.54, 1.807) is 22.8 Å². The summed E-state index contributed by atoms with van der Waals surface area (Å²) in [4.78, 5) is 16.6. The SMILES string of the molecule is COC(=O)c1ccc2cc1OCCOCCNc1ccn3ncc-2c3n1. The molecule has 3 heterocycles. The molecule has 1 aromatic carbocycles. The molecule has 2 aromatic heterocycles. The number of fused-ring (bicyclic) bond motifs is 4. The summed E-state index contributed by atoms with van der Waals surface area (Å²) in [5.74, 6) is 0.754. The van der Waals surface area contributed by atoms with E-state index in [-0.39, 0.29) is 0 Å². The largest absolute Gasteiger partial charge is 0.490 e. The van der Waals surface area contributed by atoms with E-state index in [1.807, 2.05) is 18.3 Å². The molecule has 134 valence electrons. The molecular formula is C18H18N4O4. The number of aromatic nitrogens is 3. The fourth-order valence-corrected chi connectivity index (χ4v) is 2.82. The smallest absolute Gasteiger partial charge is 0.341 e. The maximum Gasteiger partial charge on any atom is 0.341 e. The topological polar surface area (TPSA) is 87.0 Å². The van der Waals surface area contributed by atoms with Crippen molar-refractivity contribution in [2.45, 2.75) is 0 Å². The lowest BCUT2D eigenvalue weighted by Crippen LogP contribution is -2.15. The van der Waals surface area contributed by atoms with Gasteiger partial charge in [0.05, 0.1) is 26.5 Å². The Labute approximate surface area is 149 Å². The van der Waals surface area contributed by atoms with Crippen molar-refractivity contribution >= 4 is 17.4 Å². The highest BCUT2D eigenvalue weighted by atomic mass is 16.5. The molecule has 0 radical (unpaired) electrons. The summed E-state index contributed by atoms with van der Waals surface area (Å²) in [6.45, 7) is 1.90. The summed E-state index contributed by atoms with van der Waals surface area (Å²) in [7, 11) is 1.35. The quantitative estimate of drug-likeness (QED) is 0.669. The van der Waals surface area contributed by atoms with Gasteiger partial charge in [-0.2, -0.15) is 5.10 Å². The molecule has 0 amide bonds. The molecule has 1 aliphatic heterocycles. The average molecular weight is 354 g/mol. The highest BCUT2D eigenvalue weighted by Gasteiger charge is 2.17. The van der Waals surface area contributed by atoms with E-state index >= 15 is 0 Å².